The Balaban J connectivity index is 2.32. The molecule has 1 rings (SSSR count). The fourth-order valence-corrected chi connectivity index (χ4v) is 1.62. The summed E-state index contributed by atoms with van der Waals surface area (Å²) in [6, 6.07) is 0.0186. The molecule has 15 heavy (non-hydrogen) atoms. The van der Waals surface area contributed by atoms with Crippen LogP contribution in [-0.4, -0.2) is 48.4 Å². The molecule has 0 bridgehead atoms. The Kier molecular flexibility index (Phi) is 4.64. The Morgan fingerprint density at radius 3 is 2.60 bits per heavy atom. The van der Waals surface area contributed by atoms with Crippen LogP contribution in [0.3, 0.4) is 0 Å². The van der Waals surface area contributed by atoms with Gasteiger partial charge in [-0.3, -0.25) is 9.69 Å². The van der Waals surface area contributed by atoms with Gasteiger partial charge in [-0.15, -0.1) is 0 Å². The average Bonchev–Trinajstić information content (AvgIpc) is 2.69. The van der Waals surface area contributed by atoms with Crippen LogP contribution in [0.15, 0.2) is 0 Å². The first-order valence-electron chi connectivity index (χ1n) is 5.55. The third-order valence-electron chi connectivity index (χ3n) is 2.89. The minimum Gasteiger partial charge on any atom is -0.332 e. The fourth-order valence-electron chi connectivity index (χ4n) is 1.62. The van der Waals surface area contributed by atoms with E-state index in [1.807, 2.05) is 6.92 Å². The van der Waals surface area contributed by atoms with Gasteiger partial charge < -0.3 is 4.90 Å². The van der Waals surface area contributed by atoms with Gasteiger partial charge in [0.05, 0.1) is 12.6 Å². The van der Waals surface area contributed by atoms with E-state index in [2.05, 4.69) is 16.7 Å². The smallest absolute Gasteiger partial charge is 0.220 e. The zero-order valence-corrected chi connectivity index (χ0v) is 9.92. The van der Waals surface area contributed by atoms with Gasteiger partial charge in [0, 0.05) is 14.0 Å². The highest BCUT2D eigenvalue weighted by Gasteiger charge is 2.10. The summed E-state index contributed by atoms with van der Waals surface area (Å²) in [6.45, 7) is 6.71. The molecule has 0 aromatic heterocycles. The second-order valence-corrected chi connectivity index (χ2v) is 4.11. The molecular formula is C12H20N2O. The van der Waals surface area contributed by atoms with Gasteiger partial charge in [-0.1, -0.05) is 11.8 Å². The molecule has 0 N–H and O–H groups in total. The van der Waals surface area contributed by atoms with Crippen LogP contribution in [0.1, 0.15) is 26.7 Å². The number of carbonyl (C=O) groups excluding carboxylic acids is 1. The Labute approximate surface area is 92.4 Å². The van der Waals surface area contributed by atoms with Crippen molar-refractivity contribution in [3.63, 3.8) is 0 Å². The van der Waals surface area contributed by atoms with E-state index >= 15 is 0 Å². The normalized spacial score (nSPS) is 18.1. The van der Waals surface area contributed by atoms with E-state index in [0.29, 0.717) is 0 Å². The van der Waals surface area contributed by atoms with E-state index in [-0.39, 0.29) is 11.9 Å². The molecule has 0 aliphatic carbocycles. The SMILES string of the molecule is CC(=O)N(C)[C@H](C)C#CCN1CCCC1. The maximum atomic E-state index is 11.1. The standard InChI is InChI=1S/C12H20N2O/c1-11(13(3)12(2)15)7-6-10-14-8-4-5-9-14/h11H,4-5,8-10H2,1-3H3/t11-/m1/s1. The Morgan fingerprint density at radius 2 is 2.07 bits per heavy atom. The number of likely N-dealkylation sites (tertiary alicyclic amines) is 1. The lowest BCUT2D eigenvalue weighted by atomic mass is 10.3. The molecular weight excluding hydrogens is 188 g/mol. The molecule has 1 aliphatic heterocycles. The second kappa shape index (κ2) is 5.77. The molecule has 0 aromatic rings. The molecule has 1 heterocycles. The summed E-state index contributed by atoms with van der Waals surface area (Å²) in [5.41, 5.74) is 0. The molecule has 0 unspecified atom stereocenters. The monoisotopic (exact) mass is 208 g/mol. The molecule has 1 fully saturated rings. The number of hydrogen-bond acceptors (Lipinski definition) is 2. The average molecular weight is 208 g/mol. The first-order chi connectivity index (χ1) is 7.11. The van der Waals surface area contributed by atoms with Crippen LogP contribution in [-0.2, 0) is 4.79 Å². The summed E-state index contributed by atoms with van der Waals surface area (Å²) in [6.07, 6.45) is 2.59. The van der Waals surface area contributed by atoms with Crippen LogP contribution in [0, 0.1) is 11.8 Å². The topological polar surface area (TPSA) is 23.6 Å². The van der Waals surface area contributed by atoms with Crippen molar-refractivity contribution in [2.75, 3.05) is 26.7 Å². The predicted octanol–water partition coefficient (Wildman–Crippen LogP) is 0.952. The van der Waals surface area contributed by atoms with Gasteiger partial charge in [-0.2, -0.15) is 0 Å². The van der Waals surface area contributed by atoms with E-state index in [1.54, 1.807) is 18.9 Å². The lowest BCUT2D eigenvalue weighted by molar-refractivity contribution is -0.128. The van der Waals surface area contributed by atoms with Crippen molar-refractivity contribution < 1.29 is 4.79 Å². The molecule has 1 amide bonds. The van der Waals surface area contributed by atoms with Gasteiger partial charge >= 0.3 is 0 Å². The minimum atomic E-state index is 0.0186. The molecule has 0 saturated carbocycles. The summed E-state index contributed by atoms with van der Waals surface area (Å²) in [5, 5.41) is 0. The summed E-state index contributed by atoms with van der Waals surface area (Å²) < 4.78 is 0. The van der Waals surface area contributed by atoms with Gasteiger partial charge in [0.25, 0.3) is 0 Å². The van der Waals surface area contributed by atoms with E-state index in [1.165, 1.54) is 25.9 Å². The Hall–Kier alpha value is -1.01. The first kappa shape index (κ1) is 12.1. The maximum absolute atomic E-state index is 11.1. The third-order valence-corrected chi connectivity index (χ3v) is 2.89. The van der Waals surface area contributed by atoms with Crippen LogP contribution in [0.4, 0.5) is 0 Å². The molecule has 84 valence electrons. The van der Waals surface area contributed by atoms with Crippen molar-refractivity contribution in [2.45, 2.75) is 32.7 Å². The summed E-state index contributed by atoms with van der Waals surface area (Å²) in [7, 11) is 1.79. The predicted molar refractivity (Wildman–Crippen MR) is 61.4 cm³/mol. The molecule has 1 saturated heterocycles. The second-order valence-electron chi connectivity index (χ2n) is 4.11. The molecule has 1 atom stereocenters. The van der Waals surface area contributed by atoms with Crippen molar-refractivity contribution in [1.82, 2.24) is 9.80 Å². The van der Waals surface area contributed by atoms with E-state index < -0.39 is 0 Å². The molecule has 1 aliphatic rings. The molecule has 3 nitrogen and oxygen atoms in total. The van der Waals surface area contributed by atoms with Crippen LogP contribution >= 0.6 is 0 Å². The number of carbonyl (C=O) groups is 1. The van der Waals surface area contributed by atoms with Crippen molar-refractivity contribution in [3.05, 3.63) is 0 Å². The quantitative estimate of drug-likeness (QED) is 0.631. The van der Waals surface area contributed by atoms with Gasteiger partial charge in [-0.05, 0) is 32.9 Å². The highest BCUT2D eigenvalue weighted by atomic mass is 16.2. The molecule has 0 radical (unpaired) electrons. The lowest BCUT2D eigenvalue weighted by Gasteiger charge is -2.18. The first-order valence-corrected chi connectivity index (χ1v) is 5.55. The maximum Gasteiger partial charge on any atom is 0.220 e. The van der Waals surface area contributed by atoms with E-state index in [9.17, 15) is 4.79 Å². The van der Waals surface area contributed by atoms with Gasteiger partial charge in [0.2, 0.25) is 5.91 Å². The van der Waals surface area contributed by atoms with Crippen molar-refractivity contribution in [1.29, 1.82) is 0 Å². The van der Waals surface area contributed by atoms with Gasteiger partial charge in [0.15, 0.2) is 0 Å². The number of hydrogen-bond donors (Lipinski definition) is 0. The Bertz CT molecular complexity index is 271. The van der Waals surface area contributed by atoms with Crippen LogP contribution < -0.4 is 0 Å². The van der Waals surface area contributed by atoms with Crippen molar-refractivity contribution in [3.8, 4) is 11.8 Å². The minimum absolute atomic E-state index is 0.0186. The Morgan fingerprint density at radius 1 is 1.47 bits per heavy atom. The zero-order valence-electron chi connectivity index (χ0n) is 9.92. The van der Waals surface area contributed by atoms with Crippen molar-refractivity contribution >= 4 is 5.91 Å². The highest BCUT2D eigenvalue weighted by molar-refractivity contribution is 5.73. The zero-order chi connectivity index (χ0) is 11.3. The lowest BCUT2D eigenvalue weighted by Crippen LogP contribution is -2.32. The van der Waals surface area contributed by atoms with Crippen molar-refractivity contribution in [2.24, 2.45) is 0 Å². The largest absolute Gasteiger partial charge is 0.332 e. The number of amides is 1. The fraction of sp³-hybridized carbons (Fsp3) is 0.750. The summed E-state index contributed by atoms with van der Waals surface area (Å²) >= 11 is 0. The number of rotatable bonds is 2. The molecule has 0 aromatic carbocycles. The van der Waals surface area contributed by atoms with Gasteiger partial charge in [-0.25, -0.2) is 0 Å². The van der Waals surface area contributed by atoms with Gasteiger partial charge in [0.1, 0.15) is 0 Å². The van der Waals surface area contributed by atoms with Crippen LogP contribution in [0.2, 0.25) is 0 Å². The number of nitrogens with zero attached hydrogens (tertiary/aromatic N) is 2. The van der Waals surface area contributed by atoms with E-state index in [0.717, 1.165) is 6.54 Å². The van der Waals surface area contributed by atoms with Crippen LogP contribution in [0.25, 0.3) is 0 Å². The summed E-state index contributed by atoms with van der Waals surface area (Å²) in [4.78, 5) is 15.1. The third kappa shape index (κ3) is 3.93. The molecule has 3 heteroatoms. The molecule has 0 spiro atoms. The van der Waals surface area contributed by atoms with E-state index in [4.69, 9.17) is 0 Å². The highest BCUT2D eigenvalue weighted by Crippen LogP contribution is 2.05. The summed E-state index contributed by atoms with van der Waals surface area (Å²) in [5.74, 6) is 6.32. The van der Waals surface area contributed by atoms with Crippen LogP contribution in [0.5, 0.6) is 0 Å².